The molecule has 4 nitrogen and oxygen atoms in total. The van der Waals surface area contributed by atoms with Gasteiger partial charge in [-0.15, -0.1) is 0 Å². The van der Waals surface area contributed by atoms with Crippen molar-refractivity contribution >= 4 is 0 Å². The summed E-state index contributed by atoms with van der Waals surface area (Å²) >= 11 is 0. The smallest absolute Gasteiger partial charge is 0.231 e. The van der Waals surface area contributed by atoms with Gasteiger partial charge in [0.25, 0.3) is 0 Å². The predicted molar refractivity (Wildman–Crippen MR) is 79.1 cm³/mol. The maximum absolute atomic E-state index is 5.44. The molecule has 1 aromatic rings. The van der Waals surface area contributed by atoms with Gasteiger partial charge in [0.1, 0.15) is 0 Å². The van der Waals surface area contributed by atoms with Crippen molar-refractivity contribution in [3.05, 3.63) is 23.8 Å². The van der Waals surface area contributed by atoms with Crippen LogP contribution in [0.15, 0.2) is 18.2 Å². The summed E-state index contributed by atoms with van der Waals surface area (Å²) in [5.74, 6) is 2.54. The third-order valence-electron chi connectivity index (χ3n) is 4.03. The van der Waals surface area contributed by atoms with Gasteiger partial charge in [-0.05, 0) is 43.1 Å². The van der Waals surface area contributed by atoms with Gasteiger partial charge in [-0.2, -0.15) is 0 Å². The fourth-order valence-corrected chi connectivity index (χ4v) is 2.92. The fourth-order valence-electron chi connectivity index (χ4n) is 2.92. The van der Waals surface area contributed by atoms with Gasteiger partial charge < -0.3 is 14.8 Å². The summed E-state index contributed by atoms with van der Waals surface area (Å²) in [5.41, 5.74) is 1.31. The molecule has 3 rings (SSSR count). The van der Waals surface area contributed by atoms with Crippen LogP contribution < -0.4 is 14.8 Å². The summed E-state index contributed by atoms with van der Waals surface area (Å²) in [5, 5.41) is 3.54. The molecular formula is C16H24N2O2. The van der Waals surface area contributed by atoms with Gasteiger partial charge in [0.05, 0.1) is 0 Å². The second-order valence-corrected chi connectivity index (χ2v) is 6.14. The SMILES string of the molecule is CC(C)NCC1CCN(Cc2ccc3c(c2)OCO3)C1. The third-order valence-corrected chi connectivity index (χ3v) is 4.03. The van der Waals surface area contributed by atoms with E-state index < -0.39 is 0 Å². The highest BCUT2D eigenvalue weighted by Gasteiger charge is 2.23. The molecule has 2 aliphatic heterocycles. The van der Waals surface area contributed by atoms with E-state index in [1.165, 1.54) is 25.1 Å². The Bertz CT molecular complexity index is 462. The normalized spacial score (nSPS) is 21.9. The number of hydrogen-bond acceptors (Lipinski definition) is 4. The van der Waals surface area contributed by atoms with Gasteiger partial charge >= 0.3 is 0 Å². The second kappa shape index (κ2) is 6.02. The van der Waals surface area contributed by atoms with Crippen LogP contribution in [0.5, 0.6) is 11.5 Å². The van der Waals surface area contributed by atoms with Crippen LogP contribution in [0.1, 0.15) is 25.8 Å². The molecule has 0 saturated carbocycles. The maximum atomic E-state index is 5.44. The Morgan fingerprint density at radius 3 is 3.00 bits per heavy atom. The monoisotopic (exact) mass is 276 g/mol. The molecule has 1 unspecified atom stereocenters. The molecule has 0 bridgehead atoms. The first kappa shape index (κ1) is 13.7. The molecule has 1 atom stereocenters. The second-order valence-electron chi connectivity index (χ2n) is 6.14. The molecule has 0 amide bonds. The molecule has 0 spiro atoms. The molecule has 0 aromatic heterocycles. The molecule has 2 heterocycles. The molecule has 1 fully saturated rings. The Morgan fingerprint density at radius 2 is 2.15 bits per heavy atom. The van der Waals surface area contributed by atoms with Crippen molar-refractivity contribution in [3.8, 4) is 11.5 Å². The van der Waals surface area contributed by atoms with E-state index in [2.05, 4.69) is 36.2 Å². The van der Waals surface area contributed by atoms with Crippen molar-refractivity contribution in [2.75, 3.05) is 26.4 Å². The first-order valence-corrected chi connectivity index (χ1v) is 7.55. The summed E-state index contributed by atoms with van der Waals surface area (Å²) in [6.45, 7) is 9.29. The Balaban J connectivity index is 1.51. The highest BCUT2D eigenvalue weighted by molar-refractivity contribution is 5.44. The summed E-state index contributed by atoms with van der Waals surface area (Å²) in [6.07, 6.45) is 1.30. The summed E-state index contributed by atoms with van der Waals surface area (Å²) in [4.78, 5) is 2.53. The van der Waals surface area contributed by atoms with Crippen LogP contribution in [-0.2, 0) is 6.54 Å². The zero-order valence-electron chi connectivity index (χ0n) is 12.4. The summed E-state index contributed by atoms with van der Waals surface area (Å²) in [7, 11) is 0. The van der Waals surface area contributed by atoms with E-state index in [1.54, 1.807) is 0 Å². The van der Waals surface area contributed by atoms with Crippen molar-refractivity contribution in [3.63, 3.8) is 0 Å². The lowest BCUT2D eigenvalue weighted by Crippen LogP contribution is -2.30. The van der Waals surface area contributed by atoms with Crippen molar-refractivity contribution in [2.45, 2.75) is 32.9 Å². The molecule has 1 saturated heterocycles. The number of nitrogens with one attached hydrogen (secondary N) is 1. The van der Waals surface area contributed by atoms with Crippen LogP contribution in [0.3, 0.4) is 0 Å². The minimum atomic E-state index is 0.353. The van der Waals surface area contributed by atoms with Crippen LogP contribution in [0.25, 0.3) is 0 Å². The topological polar surface area (TPSA) is 33.7 Å². The standard InChI is InChI=1S/C16H24N2O2/c1-12(2)17-8-14-5-6-18(10-14)9-13-3-4-15-16(7-13)20-11-19-15/h3-4,7,12,14,17H,5-6,8-11H2,1-2H3. The van der Waals surface area contributed by atoms with E-state index in [-0.39, 0.29) is 0 Å². The largest absolute Gasteiger partial charge is 0.454 e. The van der Waals surface area contributed by atoms with E-state index in [4.69, 9.17) is 9.47 Å². The lowest BCUT2D eigenvalue weighted by molar-refractivity contribution is 0.174. The summed E-state index contributed by atoms with van der Waals surface area (Å²) in [6, 6.07) is 6.86. The van der Waals surface area contributed by atoms with Gasteiger partial charge in [-0.1, -0.05) is 19.9 Å². The zero-order valence-corrected chi connectivity index (χ0v) is 12.4. The Morgan fingerprint density at radius 1 is 1.30 bits per heavy atom. The van der Waals surface area contributed by atoms with Crippen LogP contribution in [0.4, 0.5) is 0 Å². The third kappa shape index (κ3) is 3.25. The van der Waals surface area contributed by atoms with Gasteiger partial charge in [0, 0.05) is 19.1 Å². The Hall–Kier alpha value is -1.26. The molecular weight excluding hydrogens is 252 g/mol. The van der Waals surface area contributed by atoms with Crippen molar-refractivity contribution in [1.29, 1.82) is 0 Å². The van der Waals surface area contributed by atoms with Gasteiger partial charge in [0.15, 0.2) is 11.5 Å². The van der Waals surface area contributed by atoms with Gasteiger partial charge in [-0.25, -0.2) is 0 Å². The van der Waals surface area contributed by atoms with Crippen molar-refractivity contribution in [1.82, 2.24) is 10.2 Å². The average Bonchev–Trinajstić information content (AvgIpc) is 3.04. The Kier molecular flexibility index (Phi) is 4.13. The molecule has 4 heteroatoms. The van der Waals surface area contributed by atoms with E-state index in [9.17, 15) is 0 Å². The van der Waals surface area contributed by atoms with Gasteiger partial charge in [0.2, 0.25) is 6.79 Å². The minimum Gasteiger partial charge on any atom is -0.454 e. The molecule has 0 aliphatic carbocycles. The molecule has 2 aliphatic rings. The van der Waals surface area contributed by atoms with E-state index in [1.807, 2.05) is 6.07 Å². The number of likely N-dealkylation sites (tertiary alicyclic amines) is 1. The van der Waals surface area contributed by atoms with Crippen LogP contribution >= 0.6 is 0 Å². The average molecular weight is 276 g/mol. The number of rotatable bonds is 5. The Labute approximate surface area is 121 Å². The first-order valence-electron chi connectivity index (χ1n) is 7.55. The summed E-state index contributed by atoms with van der Waals surface area (Å²) < 4.78 is 10.8. The van der Waals surface area contributed by atoms with Crippen molar-refractivity contribution < 1.29 is 9.47 Å². The zero-order chi connectivity index (χ0) is 13.9. The molecule has 1 aromatic carbocycles. The minimum absolute atomic E-state index is 0.353. The lowest BCUT2D eigenvalue weighted by Gasteiger charge is -2.17. The number of nitrogens with zero attached hydrogens (tertiary/aromatic N) is 1. The number of ether oxygens (including phenoxy) is 2. The van der Waals surface area contributed by atoms with E-state index in [0.717, 1.165) is 30.5 Å². The predicted octanol–water partition coefficient (Wildman–Crippen LogP) is 2.24. The van der Waals surface area contributed by atoms with Crippen LogP contribution in [-0.4, -0.2) is 37.4 Å². The van der Waals surface area contributed by atoms with E-state index in [0.29, 0.717) is 12.8 Å². The lowest BCUT2D eigenvalue weighted by atomic mass is 10.1. The maximum Gasteiger partial charge on any atom is 0.231 e. The molecule has 1 N–H and O–H groups in total. The quantitative estimate of drug-likeness (QED) is 0.894. The van der Waals surface area contributed by atoms with Crippen LogP contribution in [0, 0.1) is 5.92 Å². The highest BCUT2D eigenvalue weighted by atomic mass is 16.7. The van der Waals surface area contributed by atoms with Crippen LogP contribution in [0.2, 0.25) is 0 Å². The number of benzene rings is 1. The first-order chi connectivity index (χ1) is 9.70. The number of fused-ring (bicyclic) bond motifs is 1. The highest BCUT2D eigenvalue weighted by Crippen LogP contribution is 2.33. The molecule has 110 valence electrons. The van der Waals surface area contributed by atoms with Crippen molar-refractivity contribution in [2.24, 2.45) is 5.92 Å². The molecule has 20 heavy (non-hydrogen) atoms. The fraction of sp³-hybridized carbons (Fsp3) is 0.625. The molecule has 0 radical (unpaired) electrons. The van der Waals surface area contributed by atoms with Gasteiger partial charge in [-0.3, -0.25) is 4.90 Å². The number of hydrogen-bond donors (Lipinski definition) is 1. The van der Waals surface area contributed by atoms with E-state index >= 15 is 0 Å².